The Morgan fingerprint density at radius 1 is 1.39 bits per heavy atom. The number of nitrogens with zero attached hydrogens (tertiary/aromatic N) is 2. The first kappa shape index (κ1) is 16.8. The van der Waals surface area contributed by atoms with Gasteiger partial charge in [-0.2, -0.15) is 5.26 Å². The summed E-state index contributed by atoms with van der Waals surface area (Å²) in [6.45, 7) is 8.31. The van der Waals surface area contributed by atoms with Gasteiger partial charge in [-0.25, -0.2) is 0 Å². The number of hydrogen-bond acceptors (Lipinski definition) is 3. The zero-order valence-corrected chi connectivity index (χ0v) is 14.8. The van der Waals surface area contributed by atoms with E-state index in [1.807, 2.05) is 0 Å². The minimum atomic E-state index is -0.198. The number of rotatable bonds is 4. The van der Waals surface area contributed by atoms with Crippen LogP contribution in [0, 0.1) is 34.5 Å². The van der Waals surface area contributed by atoms with E-state index in [0.29, 0.717) is 18.0 Å². The zero-order valence-electron chi connectivity index (χ0n) is 14.8. The van der Waals surface area contributed by atoms with Gasteiger partial charge in [-0.05, 0) is 61.7 Å². The van der Waals surface area contributed by atoms with E-state index >= 15 is 0 Å². The average Bonchev–Trinajstić information content (AvgIpc) is 3.15. The third-order valence-electron chi connectivity index (χ3n) is 6.79. The molecule has 0 spiro atoms. The Morgan fingerprint density at radius 3 is 2.83 bits per heavy atom. The number of carbonyl (C=O) groups excluding carboxylic acids is 1. The molecule has 23 heavy (non-hydrogen) atoms. The fourth-order valence-electron chi connectivity index (χ4n) is 5.32. The highest BCUT2D eigenvalue weighted by Gasteiger charge is 2.50. The van der Waals surface area contributed by atoms with Crippen molar-refractivity contribution >= 4 is 5.91 Å². The van der Waals surface area contributed by atoms with Crippen LogP contribution in [0.2, 0.25) is 0 Å². The lowest BCUT2D eigenvalue weighted by Gasteiger charge is -2.25. The molecule has 0 bridgehead atoms. The van der Waals surface area contributed by atoms with Crippen LogP contribution in [0.15, 0.2) is 0 Å². The predicted molar refractivity (Wildman–Crippen MR) is 90.5 cm³/mol. The Labute approximate surface area is 140 Å². The molecule has 1 aliphatic heterocycles. The number of likely N-dealkylation sites (tertiary alicyclic amines) is 1. The summed E-state index contributed by atoms with van der Waals surface area (Å²) in [7, 11) is 0. The van der Waals surface area contributed by atoms with Crippen LogP contribution < -0.4 is 5.32 Å². The summed E-state index contributed by atoms with van der Waals surface area (Å²) in [4.78, 5) is 14.1. The lowest BCUT2D eigenvalue weighted by molar-refractivity contribution is -0.130. The van der Waals surface area contributed by atoms with Crippen molar-refractivity contribution in [2.45, 2.75) is 71.4 Å². The SMILES string of the molecule is CC(C)C1C[C@@H]2CC(NCC(=O)N3CCCC3C#N)C[C@]2(C)C1. The van der Waals surface area contributed by atoms with Crippen LogP contribution in [0.3, 0.4) is 0 Å². The van der Waals surface area contributed by atoms with Gasteiger partial charge >= 0.3 is 0 Å². The number of fused-ring (bicyclic) bond motifs is 1. The average molecular weight is 317 g/mol. The molecule has 2 aliphatic carbocycles. The monoisotopic (exact) mass is 317 g/mol. The van der Waals surface area contributed by atoms with Gasteiger partial charge in [0.2, 0.25) is 5.91 Å². The second-order valence-corrected chi connectivity index (χ2v) is 8.69. The Hall–Kier alpha value is -1.08. The molecule has 0 aromatic heterocycles. The van der Waals surface area contributed by atoms with Gasteiger partial charge in [0.1, 0.15) is 6.04 Å². The van der Waals surface area contributed by atoms with Gasteiger partial charge in [0.15, 0.2) is 0 Å². The van der Waals surface area contributed by atoms with Gasteiger partial charge in [-0.15, -0.1) is 0 Å². The van der Waals surface area contributed by atoms with Crippen molar-refractivity contribution in [2.24, 2.45) is 23.2 Å². The molecule has 4 heteroatoms. The summed E-state index contributed by atoms with van der Waals surface area (Å²) in [5, 5.41) is 12.6. The van der Waals surface area contributed by atoms with Crippen LogP contribution in [0.25, 0.3) is 0 Å². The quantitative estimate of drug-likeness (QED) is 0.867. The van der Waals surface area contributed by atoms with Crippen molar-refractivity contribution < 1.29 is 4.79 Å². The van der Waals surface area contributed by atoms with E-state index in [0.717, 1.165) is 37.1 Å². The molecule has 3 rings (SSSR count). The highest BCUT2D eigenvalue weighted by molar-refractivity contribution is 5.79. The van der Waals surface area contributed by atoms with Gasteiger partial charge in [-0.1, -0.05) is 20.8 Å². The predicted octanol–water partition coefficient (Wildman–Crippen LogP) is 2.94. The van der Waals surface area contributed by atoms with Crippen LogP contribution in [0.1, 0.15) is 59.3 Å². The van der Waals surface area contributed by atoms with E-state index in [2.05, 4.69) is 32.2 Å². The van der Waals surface area contributed by atoms with E-state index in [9.17, 15) is 4.79 Å². The van der Waals surface area contributed by atoms with Crippen molar-refractivity contribution in [3.63, 3.8) is 0 Å². The Kier molecular flexibility index (Phi) is 4.69. The highest BCUT2D eigenvalue weighted by atomic mass is 16.2. The van der Waals surface area contributed by atoms with Gasteiger partial charge in [0.25, 0.3) is 0 Å². The summed E-state index contributed by atoms with van der Waals surface area (Å²) in [6, 6.07) is 2.53. The molecule has 1 saturated heterocycles. The van der Waals surface area contributed by atoms with E-state index in [4.69, 9.17) is 5.26 Å². The van der Waals surface area contributed by atoms with Crippen LogP contribution in [-0.2, 0) is 4.79 Å². The van der Waals surface area contributed by atoms with E-state index in [-0.39, 0.29) is 11.9 Å². The first-order valence-corrected chi connectivity index (χ1v) is 9.35. The second-order valence-electron chi connectivity index (χ2n) is 8.69. The molecule has 5 atom stereocenters. The largest absolute Gasteiger partial charge is 0.326 e. The van der Waals surface area contributed by atoms with E-state index < -0.39 is 0 Å². The minimum Gasteiger partial charge on any atom is -0.326 e. The lowest BCUT2D eigenvalue weighted by Crippen LogP contribution is -2.43. The molecule has 1 heterocycles. The van der Waals surface area contributed by atoms with Crippen molar-refractivity contribution in [3.05, 3.63) is 0 Å². The Bertz CT molecular complexity index is 497. The molecule has 0 aromatic rings. The molecule has 3 fully saturated rings. The molecule has 3 aliphatic rings. The summed E-state index contributed by atoms with van der Waals surface area (Å²) < 4.78 is 0. The van der Waals surface area contributed by atoms with Crippen LogP contribution >= 0.6 is 0 Å². The van der Waals surface area contributed by atoms with Crippen LogP contribution in [0.4, 0.5) is 0 Å². The Morgan fingerprint density at radius 2 is 2.17 bits per heavy atom. The third-order valence-corrected chi connectivity index (χ3v) is 6.79. The maximum Gasteiger partial charge on any atom is 0.237 e. The topological polar surface area (TPSA) is 56.1 Å². The minimum absolute atomic E-state index is 0.108. The van der Waals surface area contributed by atoms with E-state index in [1.54, 1.807) is 4.90 Å². The fourth-order valence-corrected chi connectivity index (χ4v) is 5.32. The van der Waals surface area contributed by atoms with Gasteiger partial charge in [-0.3, -0.25) is 4.79 Å². The number of amides is 1. The van der Waals surface area contributed by atoms with Crippen LogP contribution in [0.5, 0.6) is 0 Å². The molecule has 128 valence electrons. The first-order chi connectivity index (χ1) is 10.9. The smallest absolute Gasteiger partial charge is 0.237 e. The summed E-state index contributed by atoms with van der Waals surface area (Å²) >= 11 is 0. The number of hydrogen-bond donors (Lipinski definition) is 1. The summed E-state index contributed by atoms with van der Waals surface area (Å²) in [5.74, 6) is 2.61. The number of nitriles is 1. The normalized spacial score (nSPS) is 39.7. The third kappa shape index (κ3) is 3.26. The summed E-state index contributed by atoms with van der Waals surface area (Å²) in [6.07, 6.45) is 6.93. The molecular formula is C19H31N3O. The standard InChI is InChI=1S/C19H31N3O/c1-13(2)14-7-15-8-16(10-19(15,3)9-14)21-12-18(23)22-6-4-5-17(22)11-20/h13-17,21H,4-10,12H2,1-3H3/t14?,15-,16?,17?,19+/m1/s1. The van der Waals surface area contributed by atoms with Crippen LogP contribution in [-0.4, -0.2) is 36.0 Å². The number of nitrogens with one attached hydrogen (secondary N) is 1. The summed E-state index contributed by atoms with van der Waals surface area (Å²) in [5.41, 5.74) is 0.471. The van der Waals surface area contributed by atoms with Crippen molar-refractivity contribution in [1.82, 2.24) is 10.2 Å². The first-order valence-electron chi connectivity index (χ1n) is 9.35. The maximum absolute atomic E-state index is 12.4. The zero-order chi connectivity index (χ0) is 16.6. The van der Waals surface area contributed by atoms with Gasteiger partial charge in [0, 0.05) is 12.6 Å². The molecule has 1 N–H and O–H groups in total. The van der Waals surface area contributed by atoms with E-state index in [1.165, 1.54) is 25.7 Å². The van der Waals surface area contributed by atoms with Crippen molar-refractivity contribution in [3.8, 4) is 6.07 Å². The maximum atomic E-state index is 12.4. The Balaban J connectivity index is 1.48. The van der Waals surface area contributed by atoms with Crippen molar-refractivity contribution in [1.29, 1.82) is 5.26 Å². The van der Waals surface area contributed by atoms with Gasteiger partial charge in [0.05, 0.1) is 12.6 Å². The number of carbonyl (C=O) groups is 1. The highest BCUT2D eigenvalue weighted by Crippen LogP contribution is 2.57. The molecule has 4 nitrogen and oxygen atoms in total. The molecule has 2 saturated carbocycles. The molecular weight excluding hydrogens is 286 g/mol. The molecule has 0 aromatic carbocycles. The second kappa shape index (κ2) is 6.43. The molecule has 3 unspecified atom stereocenters. The van der Waals surface area contributed by atoms with Gasteiger partial charge < -0.3 is 10.2 Å². The fraction of sp³-hybridized carbons (Fsp3) is 0.895. The lowest BCUT2D eigenvalue weighted by atomic mass is 9.81. The molecule has 0 radical (unpaired) electrons. The molecule has 1 amide bonds. The van der Waals surface area contributed by atoms with Crippen molar-refractivity contribution in [2.75, 3.05) is 13.1 Å².